The zero-order valence-corrected chi connectivity index (χ0v) is 13.7. The lowest BCUT2D eigenvalue weighted by molar-refractivity contribution is -0.0685. The molecule has 3 rings (SSSR count). The lowest BCUT2D eigenvalue weighted by Gasteiger charge is -2.50. The fourth-order valence-corrected chi connectivity index (χ4v) is 4.46. The van der Waals surface area contributed by atoms with Gasteiger partial charge in [-0.1, -0.05) is 6.42 Å². The summed E-state index contributed by atoms with van der Waals surface area (Å²) in [6, 6.07) is 1.27. The molecule has 0 radical (unpaired) electrons. The molecule has 21 heavy (non-hydrogen) atoms. The van der Waals surface area contributed by atoms with Gasteiger partial charge in [0.2, 0.25) is 0 Å². The van der Waals surface area contributed by atoms with Gasteiger partial charge in [0.25, 0.3) is 0 Å². The van der Waals surface area contributed by atoms with Crippen molar-refractivity contribution in [1.29, 1.82) is 0 Å². The molecule has 4 heteroatoms. The van der Waals surface area contributed by atoms with Crippen molar-refractivity contribution in [1.82, 2.24) is 10.2 Å². The van der Waals surface area contributed by atoms with Gasteiger partial charge in [-0.05, 0) is 38.5 Å². The van der Waals surface area contributed by atoms with Gasteiger partial charge in [0.1, 0.15) is 0 Å². The number of fused-ring (bicyclic) bond motifs is 2. The summed E-state index contributed by atoms with van der Waals surface area (Å²) in [6.45, 7) is 9.24. The molecule has 2 atom stereocenters. The van der Waals surface area contributed by atoms with E-state index < -0.39 is 5.60 Å². The molecule has 3 fully saturated rings. The Kier molecular flexibility index (Phi) is 4.89. The molecule has 2 aliphatic heterocycles. The number of piperidine rings is 1. The molecular weight excluding hydrogens is 264 g/mol. The summed E-state index contributed by atoms with van der Waals surface area (Å²) < 4.78 is 5.38. The summed E-state index contributed by atoms with van der Waals surface area (Å²) in [4.78, 5) is 2.65. The third kappa shape index (κ3) is 3.61. The lowest BCUT2D eigenvalue weighted by atomic mass is 9.73. The highest BCUT2D eigenvalue weighted by molar-refractivity contribution is 4.97. The Morgan fingerprint density at radius 3 is 2.38 bits per heavy atom. The van der Waals surface area contributed by atoms with Gasteiger partial charge in [-0.3, -0.25) is 0 Å². The van der Waals surface area contributed by atoms with Gasteiger partial charge in [0.15, 0.2) is 0 Å². The van der Waals surface area contributed by atoms with Crippen molar-refractivity contribution in [3.05, 3.63) is 0 Å². The third-order valence-corrected chi connectivity index (χ3v) is 5.92. The predicted octanol–water partition coefficient (Wildman–Crippen LogP) is 1.63. The van der Waals surface area contributed by atoms with Crippen LogP contribution >= 0.6 is 0 Å². The van der Waals surface area contributed by atoms with Crippen molar-refractivity contribution in [3.8, 4) is 0 Å². The normalized spacial score (nSPS) is 36.9. The molecule has 0 spiro atoms. The predicted molar refractivity (Wildman–Crippen MR) is 84.3 cm³/mol. The van der Waals surface area contributed by atoms with E-state index in [1.807, 2.05) is 0 Å². The van der Waals surface area contributed by atoms with Crippen LogP contribution in [-0.4, -0.2) is 60.5 Å². The van der Waals surface area contributed by atoms with Crippen LogP contribution in [0.25, 0.3) is 0 Å². The summed E-state index contributed by atoms with van der Waals surface area (Å²) in [5.74, 6) is 1.53. The molecule has 2 N–H and O–H groups in total. The van der Waals surface area contributed by atoms with Crippen LogP contribution in [0.2, 0.25) is 0 Å². The first-order valence-electron chi connectivity index (χ1n) is 8.85. The molecule has 0 amide bonds. The summed E-state index contributed by atoms with van der Waals surface area (Å²) >= 11 is 0. The minimum absolute atomic E-state index is 0.540. The van der Waals surface area contributed by atoms with Crippen molar-refractivity contribution in [2.75, 3.05) is 32.8 Å². The number of nitrogens with zero attached hydrogens (tertiary/aromatic N) is 1. The summed E-state index contributed by atoms with van der Waals surface area (Å²) in [6.07, 6.45) is 5.63. The number of ether oxygens (including phenoxy) is 1. The van der Waals surface area contributed by atoms with E-state index in [0.29, 0.717) is 25.3 Å². The molecule has 2 heterocycles. The summed E-state index contributed by atoms with van der Waals surface area (Å²) in [5.41, 5.74) is -0.540. The molecule has 2 unspecified atom stereocenters. The zero-order valence-electron chi connectivity index (χ0n) is 13.7. The topological polar surface area (TPSA) is 44.7 Å². The third-order valence-electron chi connectivity index (χ3n) is 5.92. The Morgan fingerprint density at radius 2 is 1.81 bits per heavy atom. The van der Waals surface area contributed by atoms with E-state index in [4.69, 9.17) is 4.74 Å². The van der Waals surface area contributed by atoms with Gasteiger partial charge in [0.05, 0.1) is 5.60 Å². The Labute approximate surface area is 129 Å². The quantitative estimate of drug-likeness (QED) is 0.827. The minimum Gasteiger partial charge on any atom is -0.388 e. The van der Waals surface area contributed by atoms with Gasteiger partial charge in [0, 0.05) is 57.8 Å². The molecule has 2 bridgehead atoms. The van der Waals surface area contributed by atoms with Crippen molar-refractivity contribution in [2.45, 2.75) is 63.6 Å². The van der Waals surface area contributed by atoms with Crippen molar-refractivity contribution in [2.24, 2.45) is 11.8 Å². The van der Waals surface area contributed by atoms with Crippen LogP contribution in [0.15, 0.2) is 0 Å². The van der Waals surface area contributed by atoms with Gasteiger partial charge in [-0.15, -0.1) is 0 Å². The number of hydrogen-bond acceptors (Lipinski definition) is 4. The molecule has 2 saturated heterocycles. The van der Waals surface area contributed by atoms with Crippen molar-refractivity contribution >= 4 is 0 Å². The number of hydrogen-bond donors (Lipinski definition) is 2. The Bertz CT molecular complexity index is 328. The average Bonchev–Trinajstić information content (AvgIpc) is 2.45. The number of rotatable bonds is 4. The molecule has 1 saturated carbocycles. The Balaban J connectivity index is 1.58. The summed E-state index contributed by atoms with van der Waals surface area (Å²) in [5, 5.41) is 14.4. The van der Waals surface area contributed by atoms with Crippen LogP contribution in [0.1, 0.15) is 46.0 Å². The van der Waals surface area contributed by atoms with E-state index in [9.17, 15) is 5.11 Å². The molecule has 4 nitrogen and oxygen atoms in total. The average molecular weight is 296 g/mol. The second kappa shape index (κ2) is 6.53. The molecule has 3 aliphatic rings. The second-order valence-corrected chi connectivity index (χ2v) is 7.74. The first-order chi connectivity index (χ1) is 10.1. The van der Waals surface area contributed by atoms with Crippen LogP contribution in [0, 0.1) is 11.8 Å². The molecule has 1 aliphatic carbocycles. The summed E-state index contributed by atoms with van der Waals surface area (Å²) in [7, 11) is 0. The lowest BCUT2D eigenvalue weighted by Crippen LogP contribution is -2.60. The number of aliphatic hydroxyl groups is 1. The van der Waals surface area contributed by atoms with Gasteiger partial charge in [-0.2, -0.15) is 0 Å². The number of nitrogens with one attached hydrogen (secondary N) is 1. The van der Waals surface area contributed by atoms with Crippen molar-refractivity contribution < 1.29 is 9.84 Å². The highest BCUT2D eigenvalue weighted by atomic mass is 16.5. The highest BCUT2D eigenvalue weighted by Gasteiger charge is 2.41. The van der Waals surface area contributed by atoms with E-state index in [0.717, 1.165) is 31.2 Å². The van der Waals surface area contributed by atoms with Gasteiger partial charge < -0.3 is 20.1 Å². The second-order valence-electron chi connectivity index (χ2n) is 7.74. The maximum atomic E-state index is 10.7. The first-order valence-corrected chi connectivity index (χ1v) is 8.85. The largest absolute Gasteiger partial charge is 0.388 e. The molecule has 122 valence electrons. The van der Waals surface area contributed by atoms with Crippen LogP contribution in [0.4, 0.5) is 0 Å². The number of likely N-dealkylation sites (tertiary alicyclic amines) is 1. The van der Waals surface area contributed by atoms with Crippen molar-refractivity contribution in [3.63, 3.8) is 0 Å². The SMILES string of the molecule is CC(C)N1CC2CCCC(C1)C2NCC1(O)CCOCC1. The Morgan fingerprint density at radius 1 is 1.19 bits per heavy atom. The van der Waals surface area contributed by atoms with Gasteiger partial charge >= 0.3 is 0 Å². The van der Waals surface area contributed by atoms with E-state index in [2.05, 4.69) is 24.1 Å². The molecule has 0 aromatic rings. The fraction of sp³-hybridized carbons (Fsp3) is 1.00. The molecule has 0 aromatic carbocycles. The van der Waals surface area contributed by atoms with E-state index in [1.54, 1.807) is 0 Å². The minimum atomic E-state index is -0.540. The van der Waals surface area contributed by atoms with E-state index >= 15 is 0 Å². The van der Waals surface area contributed by atoms with E-state index in [-0.39, 0.29) is 0 Å². The monoisotopic (exact) mass is 296 g/mol. The van der Waals surface area contributed by atoms with Crippen LogP contribution in [0.3, 0.4) is 0 Å². The molecule has 0 aromatic heterocycles. The van der Waals surface area contributed by atoms with Crippen LogP contribution in [0.5, 0.6) is 0 Å². The zero-order chi connectivity index (χ0) is 14.9. The van der Waals surface area contributed by atoms with E-state index in [1.165, 1.54) is 32.4 Å². The van der Waals surface area contributed by atoms with Gasteiger partial charge in [-0.25, -0.2) is 0 Å². The maximum absolute atomic E-state index is 10.7. The maximum Gasteiger partial charge on any atom is 0.0815 e. The smallest absolute Gasteiger partial charge is 0.0815 e. The highest BCUT2D eigenvalue weighted by Crippen LogP contribution is 2.36. The van der Waals surface area contributed by atoms with Crippen LogP contribution < -0.4 is 5.32 Å². The Hall–Kier alpha value is -0.160. The standard InChI is InChI=1S/C17H32N2O2/c1-13(2)19-10-14-4-3-5-15(11-19)16(14)18-12-17(20)6-8-21-9-7-17/h13-16,18,20H,3-12H2,1-2H3. The first kappa shape index (κ1) is 15.7. The van der Waals surface area contributed by atoms with Crippen LogP contribution in [-0.2, 0) is 4.74 Å². The fourth-order valence-electron chi connectivity index (χ4n) is 4.46. The molecular formula is C17H32N2O2.